The molecule has 0 saturated carbocycles. The van der Waals surface area contributed by atoms with Crippen molar-refractivity contribution in [3.8, 4) is 0 Å². The standard InChI is InChI=1S/C8H12O7/c1-4(7(12)13)2-6(11)15-8(14)5(10)3-9/h5,8-10,14H,1-3H2,(H,12,13). The van der Waals surface area contributed by atoms with E-state index >= 15 is 0 Å². The van der Waals surface area contributed by atoms with Gasteiger partial charge in [0.1, 0.15) is 6.10 Å². The molecular weight excluding hydrogens is 208 g/mol. The van der Waals surface area contributed by atoms with Gasteiger partial charge in [0.25, 0.3) is 0 Å². The summed E-state index contributed by atoms with van der Waals surface area (Å²) in [4.78, 5) is 21.1. The molecule has 0 aromatic heterocycles. The minimum absolute atomic E-state index is 0.398. The molecule has 0 radical (unpaired) electrons. The first-order valence-corrected chi connectivity index (χ1v) is 3.96. The van der Waals surface area contributed by atoms with Crippen LogP contribution in [0.3, 0.4) is 0 Å². The number of carbonyl (C=O) groups is 2. The predicted molar refractivity (Wildman–Crippen MR) is 46.6 cm³/mol. The molecule has 0 saturated heterocycles. The highest BCUT2D eigenvalue weighted by atomic mass is 16.6. The SMILES string of the molecule is C=C(CC(=O)OC(O)C(O)CO)C(=O)O. The first-order valence-electron chi connectivity index (χ1n) is 3.96. The minimum atomic E-state index is -1.89. The second-order valence-electron chi connectivity index (χ2n) is 2.72. The summed E-state index contributed by atoms with van der Waals surface area (Å²) in [5.41, 5.74) is -0.398. The maximum absolute atomic E-state index is 10.9. The number of rotatable bonds is 6. The Balaban J connectivity index is 4.04. The Morgan fingerprint density at radius 3 is 2.27 bits per heavy atom. The van der Waals surface area contributed by atoms with Gasteiger partial charge in [-0.25, -0.2) is 4.79 Å². The molecule has 0 fully saturated rings. The van der Waals surface area contributed by atoms with Gasteiger partial charge < -0.3 is 25.2 Å². The van der Waals surface area contributed by atoms with E-state index in [1.54, 1.807) is 0 Å². The molecule has 0 bridgehead atoms. The molecule has 15 heavy (non-hydrogen) atoms. The zero-order valence-electron chi connectivity index (χ0n) is 7.79. The Hall–Kier alpha value is -1.44. The summed E-state index contributed by atoms with van der Waals surface area (Å²) >= 11 is 0. The average molecular weight is 220 g/mol. The second kappa shape index (κ2) is 6.12. The van der Waals surface area contributed by atoms with Crippen molar-refractivity contribution in [2.45, 2.75) is 18.8 Å². The summed E-state index contributed by atoms with van der Waals surface area (Å²) < 4.78 is 4.21. The monoisotopic (exact) mass is 220 g/mol. The first-order chi connectivity index (χ1) is 6.88. The smallest absolute Gasteiger partial charge is 0.331 e. The number of ether oxygens (including phenoxy) is 1. The zero-order chi connectivity index (χ0) is 12.0. The molecule has 7 heteroatoms. The molecule has 0 rings (SSSR count). The fraction of sp³-hybridized carbons (Fsp3) is 0.500. The van der Waals surface area contributed by atoms with Crippen LogP contribution in [0.25, 0.3) is 0 Å². The highest BCUT2D eigenvalue weighted by molar-refractivity contribution is 5.91. The number of aliphatic hydroxyl groups excluding tert-OH is 3. The molecular formula is C8H12O7. The predicted octanol–water partition coefficient (Wildman–Crippen LogP) is -1.77. The van der Waals surface area contributed by atoms with E-state index < -0.39 is 42.9 Å². The van der Waals surface area contributed by atoms with Crippen molar-refractivity contribution >= 4 is 11.9 Å². The molecule has 4 N–H and O–H groups in total. The maximum atomic E-state index is 10.9. The van der Waals surface area contributed by atoms with E-state index in [-0.39, 0.29) is 0 Å². The molecule has 0 aliphatic heterocycles. The Labute approximate surface area is 85.2 Å². The number of aliphatic hydroxyl groups is 3. The number of aliphatic carboxylic acids is 1. The lowest BCUT2D eigenvalue weighted by Gasteiger charge is -2.15. The number of hydrogen-bond donors (Lipinski definition) is 4. The average Bonchev–Trinajstić information content (AvgIpc) is 2.15. The highest BCUT2D eigenvalue weighted by Gasteiger charge is 2.21. The van der Waals surface area contributed by atoms with E-state index in [1.807, 2.05) is 0 Å². The van der Waals surface area contributed by atoms with Crippen molar-refractivity contribution in [3.63, 3.8) is 0 Å². The van der Waals surface area contributed by atoms with E-state index in [0.29, 0.717) is 0 Å². The van der Waals surface area contributed by atoms with Gasteiger partial charge in [0.05, 0.1) is 13.0 Å². The van der Waals surface area contributed by atoms with Gasteiger partial charge in [-0.2, -0.15) is 0 Å². The van der Waals surface area contributed by atoms with Gasteiger partial charge in [0.15, 0.2) is 0 Å². The Morgan fingerprint density at radius 1 is 1.33 bits per heavy atom. The fourth-order valence-corrected chi connectivity index (χ4v) is 0.595. The summed E-state index contributed by atoms with van der Waals surface area (Å²) in [5.74, 6) is -2.41. The third-order valence-electron chi connectivity index (χ3n) is 1.43. The number of carbonyl (C=O) groups excluding carboxylic acids is 1. The number of carboxylic acids is 1. The quantitative estimate of drug-likeness (QED) is 0.237. The Kier molecular flexibility index (Phi) is 5.53. The van der Waals surface area contributed by atoms with Crippen molar-refractivity contribution in [2.75, 3.05) is 6.61 Å². The van der Waals surface area contributed by atoms with Crippen LogP contribution in [-0.2, 0) is 14.3 Å². The van der Waals surface area contributed by atoms with Crippen molar-refractivity contribution in [1.29, 1.82) is 0 Å². The molecule has 0 aliphatic carbocycles. The van der Waals surface area contributed by atoms with Crippen LogP contribution in [0.2, 0.25) is 0 Å². The lowest BCUT2D eigenvalue weighted by molar-refractivity contribution is -0.190. The molecule has 0 aromatic carbocycles. The minimum Gasteiger partial charge on any atom is -0.478 e. The molecule has 7 nitrogen and oxygen atoms in total. The van der Waals surface area contributed by atoms with Crippen LogP contribution in [0, 0.1) is 0 Å². The summed E-state index contributed by atoms with van der Waals surface area (Å²) in [6, 6.07) is 0. The van der Waals surface area contributed by atoms with Crippen LogP contribution in [0.4, 0.5) is 0 Å². The van der Waals surface area contributed by atoms with Gasteiger partial charge in [0, 0.05) is 5.57 Å². The van der Waals surface area contributed by atoms with E-state index in [0.717, 1.165) is 0 Å². The zero-order valence-corrected chi connectivity index (χ0v) is 7.79. The van der Waals surface area contributed by atoms with Crippen molar-refractivity contribution in [1.82, 2.24) is 0 Å². The van der Waals surface area contributed by atoms with E-state index in [1.165, 1.54) is 0 Å². The lowest BCUT2D eigenvalue weighted by Crippen LogP contribution is -2.33. The van der Waals surface area contributed by atoms with Gasteiger partial charge in [-0.1, -0.05) is 6.58 Å². The van der Waals surface area contributed by atoms with Crippen molar-refractivity contribution in [3.05, 3.63) is 12.2 Å². The van der Waals surface area contributed by atoms with Crippen molar-refractivity contribution in [2.24, 2.45) is 0 Å². The summed E-state index contributed by atoms with van der Waals surface area (Å²) in [6.07, 6.45) is -4.11. The molecule has 0 amide bonds. The second-order valence-corrected chi connectivity index (χ2v) is 2.72. The van der Waals surface area contributed by atoms with Crippen LogP contribution >= 0.6 is 0 Å². The van der Waals surface area contributed by atoms with Gasteiger partial charge in [-0.15, -0.1) is 0 Å². The van der Waals surface area contributed by atoms with Crippen LogP contribution < -0.4 is 0 Å². The molecule has 0 heterocycles. The maximum Gasteiger partial charge on any atom is 0.331 e. The van der Waals surface area contributed by atoms with Crippen LogP contribution in [-0.4, -0.2) is 51.4 Å². The normalized spacial score (nSPS) is 14.1. The summed E-state index contributed by atoms with van der Waals surface area (Å²) in [6.45, 7) is 2.29. The van der Waals surface area contributed by atoms with Gasteiger partial charge in [-0.3, -0.25) is 4.79 Å². The number of hydrogen-bond acceptors (Lipinski definition) is 6. The largest absolute Gasteiger partial charge is 0.478 e. The molecule has 0 aliphatic rings. The molecule has 2 atom stereocenters. The third-order valence-corrected chi connectivity index (χ3v) is 1.43. The first kappa shape index (κ1) is 13.6. The molecule has 86 valence electrons. The van der Waals surface area contributed by atoms with Crippen molar-refractivity contribution < 1.29 is 34.8 Å². The third kappa shape index (κ3) is 5.11. The van der Waals surface area contributed by atoms with Gasteiger partial charge in [-0.05, 0) is 0 Å². The summed E-state index contributed by atoms with van der Waals surface area (Å²) in [7, 11) is 0. The number of esters is 1. The van der Waals surface area contributed by atoms with Crippen LogP contribution in [0.5, 0.6) is 0 Å². The van der Waals surface area contributed by atoms with E-state index in [9.17, 15) is 9.59 Å². The van der Waals surface area contributed by atoms with E-state index in [2.05, 4.69) is 11.3 Å². The molecule has 0 spiro atoms. The molecule has 2 unspecified atom stereocenters. The fourth-order valence-electron chi connectivity index (χ4n) is 0.595. The Morgan fingerprint density at radius 2 is 1.87 bits per heavy atom. The van der Waals surface area contributed by atoms with Gasteiger partial charge >= 0.3 is 11.9 Å². The Bertz CT molecular complexity index is 260. The van der Waals surface area contributed by atoms with Gasteiger partial charge in [0.2, 0.25) is 6.29 Å². The van der Waals surface area contributed by atoms with Crippen LogP contribution in [0.15, 0.2) is 12.2 Å². The number of carboxylic acid groups (broad SMARTS) is 1. The lowest BCUT2D eigenvalue weighted by atomic mass is 10.2. The topological polar surface area (TPSA) is 124 Å². The van der Waals surface area contributed by atoms with E-state index in [4.69, 9.17) is 20.4 Å². The summed E-state index contributed by atoms with van der Waals surface area (Å²) in [5, 5.41) is 34.4. The highest BCUT2D eigenvalue weighted by Crippen LogP contribution is 2.03. The van der Waals surface area contributed by atoms with Crippen LogP contribution in [0.1, 0.15) is 6.42 Å². The molecule has 0 aromatic rings.